The lowest BCUT2D eigenvalue weighted by molar-refractivity contribution is 0.1000. The van der Waals surface area contributed by atoms with Gasteiger partial charge in [0.15, 0.2) is 0 Å². The van der Waals surface area contributed by atoms with Crippen molar-refractivity contribution in [2.75, 3.05) is 5.32 Å². The van der Waals surface area contributed by atoms with Gasteiger partial charge in [-0.05, 0) is 36.4 Å². The fourth-order valence-electron chi connectivity index (χ4n) is 1.61. The molecule has 3 nitrogen and oxygen atoms in total. The fraction of sp³-hybridized carbons (Fsp3) is 0.0714. The Kier molecular flexibility index (Phi) is 3.75. The number of primary amides is 1. The molecule has 0 spiro atoms. The molecule has 0 aliphatic heterocycles. The minimum absolute atomic E-state index is 0.128. The number of amides is 1. The Bertz CT molecular complexity index is 597. The van der Waals surface area contributed by atoms with Gasteiger partial charge in [-0.1, -0.05) is 6.07 Å². The van der Waals surface area contributed by atoms with E-state index in [2.05, 4.69) is 5.32 Å². The molecule has 0 atom stereocenters. The van der Waals surface area contributed by atoms with E-state index in [4.69, 9.17) is 5.73 Å². The minimum Gasteiger partial charge on any atom is -0.381 e. The summed E-state index contributed by atoms with van der Waals surface area (Å²) in [7, 11) is 0. The Hall–Kier alpha value is -2.43. The molecular formula is C14H12F2N2O. The maximum atomic E-state index is 13.7. The summed E-state index contributed by atoms with van der Waals surface area (Å²) in [4.78, 5) is 10.9. The SMILES string of the molecule is NC(=O)c1ccc(CNc2ccc(F)cc2)c(F)c1. The molecule has 0 aliphatic rings. The Morgan fingerprint density at radius 3 is 2.37 bits per heavy atom. The first-order valence-electron chi connectivity index (χ1n) is 5.64. The van der Waals surface area contributed by atoms with E-state index in [0.717, 1.165) is 6.07 Å². The van der Waals surface area contributed by atoms with E-state index in [0.29, 0.717) is 11.3 Å². The van der Waals surface area contributed by atoms with Crippen LogP contribution in [-0.4, -0.2) is 5.91 Å². The van der Waals surface area contributed by atoms with E-state index in [1.54, 1.807) is 12.1 Å². The smallest absolute Gasteiger partial charge is 0.248 e. The van der Waals surface area contributed by atoms with Gasteiger partial charge < -0.3 is 11.1 Å². The quantitative estimate of drug-likeness (QED) is 0.890. The summed E-state index contributed by atoms with van der Waals surface area (Å²) in [6, 6.07) is 9.81. The van der Waals surface area contributed by atoms with Crippen LogP contribution in [0.2, 0.25) is 0 Å². The standard InChI is InChI=1S/C14H12F2N2O/c15-11-3-5-12(6-4-11)18-8-10-2-1-9(14(17)19)7-13(10)16/h1-7,18H,8H2,(H2,17,19). The third kappa shape index (κ3) is 3.28. The van der Waals surface area contributed by atoms with Gasteiger partial charge >= 0.3 is 0 Å². The van der Waals surface area contributed by atoms with Crippen LogP contribution in [0, 0.1) is 11.6 Å². The van der Waals surface area contributed by atoms with Crippen LogP contribution in [0.4, 0.5) is 14.5 Å². The fourth-order valence-corrected chi connectivity index (χ4v) is 1.61. The zero-order chi connectivity index (χ0) is 13.8. The van der Waals surface area contributed by atoms with Gasteiger partial charge in [-0.3, -0.25) is 4.79 Å². The average molecular weight is 262 g/mol. The van der Waals surface area contributed by atoms with Gasteiger partial charge in [-0.2, -0.15) is 0 Å². The normalized spacial score (nSPS) is 10.2. The van der Waals surface area contributed by atoms with Gasteiger partial charge in [-0.25, -0.2) is 8.78 Å². The highest BCUT2D eigenvalue weighted by atomic mass is 19.1. The molecule has 2 aromatic rings. The molecule has 1 amide bonds. The highest BCUT2D eigenvalue weighted by Crippen LogP contribution is 2.14. The summed E-state index contributed by atoms with van der Waals surface area (Å²) in [6.45, 7) is 0.233. The van der Waals surface area contributed by atoms with Crippen LogP contribution in [0.3, 0.4) is 0 Å². The van der Waals surface area contributed by atoms with Gasteiger partial charge in [0.1, 0.15) is 11.6 Å². The maximum absolute atomic E-state index is 13.7. The number of carbonyl (C=O) groups excluding carboxylic acids is 1. The molecule has 3 N–H and O–H groups in total. The first kappa shape index (κ1) is 13.0. The largest absolute Gasteiger partial charge is 0.381 e. The Morgan fingerprint density at radius 1 is 1.11 bits per heavy atom. The predicted molar refractivity (Wildman–Crippen MR) is 68.6 cm³/mol. The van der Waals surface area contributed by atoms with Gasteiger partial charge in [0.05, 0.1) is 0 Å². The molecular weight excluding hydrogens is 250 g/mol. The summed E-state index contributed by atoms with van der Waals surface area (Å²) < 4.78 is 26.4. The molecule has 2 aromatic carbocycles. The van der Waals surface area contributed by atoms with E-state index in [-0.39, 0.29) is 17.9 Å². The summed E-state index contributed by atoms with van der Waals surface area (Å²) in [6.07, 6.45) is 0. The van der Waals surface area contributed by atoms with E-state index in [1.165, 1.54) is 24.3 Å². The monoisotopic (exact) mass is 262 g/mol. The molecule has 98 valence electrons. The van der Waals surface area contributed by atoms with Crippen LogP contribution in [-0.2, 0) is 6.54 Å². The van der Waals surface area contributed by atoms with Crippen LogP contribution in [0.5, 0.6) is 0 Å². The summed E-state index contributed by atoms with van der Waals surface area (Å²) >= 11 is 0. The van der Waals surface area contributed by atoms with E-state index in [9.17, 15) is 13.6 Å². The molecule has 2 rings (SSSR count). The first-order valence-corrected chi connectivity index (χ1v) is 5.64. The molecule has 0 heterocycles. The second kappa shape index (κ2) is 5.48. The van der Waals surface area contributed by atoms with Crippen molar-refractivity contribution in [2.45, 2.75) is 6.54 Å². The van der Waals surface area contributed by atoms with Crippen LogP contribution < -0.4 is 11.1 Å². The molecule has 0 bridgehead atoms. The van der Waals surface area contributed by atoms with Crippen molar-refractivity contribution in [3.63, 3.8) is 0 Å². The van der Waals surface area contributed by atoms with Crippen molar-refractivity contribution >= 4 is 11.6 Å². The topological polar surface area (TPSA) is 55.1 Å². The number of hydrogen-bond donors (Lipinski definition) is 2. The molecule has 0 saturated carbocycles. The van der Waals surface area contributed by atoms with E-state index < -0.39 is 11.7 Å². The van der Waals surface area contributed by atoms with Crippen LogP contribution in [0.25, 0.3) is 0 Å². The average Bonchev–Trinajstić information content (AvgIpc) is 2.39. The zero-order valence-corrected chi connectivity index (χ0v) is 9.99. The van der Waals surface area contributed by atoms with Crippen LogP contribution in [0.15, 0.2) is 42.5 Å². The number of anilines is 1. The minimum atomic E-state index is -0.669. The van der Waals surface area contributed by atoms with Crippen molar-refractivity contribution in [1.82, 2.24) is 0 Å². The number of halogens is 2. The second-order valence-electron chi connectivity index (χ2n) is 4.03. The molecule has 0 aliphatic carbocycles. The van der Waals surface area contributed by atoms with Crippen molar-refractivity contribution in [1.29, 1.82) is 0 Å². The van der Waals surface area contributed by atoms with Crippen LogP contribution in [0.1, 0.15) is 15.9 Å². The lowest BCUT2D eigenvalue weighted by Crippen LogP contribution is -2.12. The van der Waals surface area contributed by atoms with Gasteiger partial charge in [0.25, 0.3) is 0 Å². The van der Waals surface area contributed by atoms with Crippen molar-refractivity contribution in [2.24, 2.45) is 5.73 Å². The number of rotatable bonds is 4. The van der Waals surface area contributed by atoms with Crippen molar-refractivity contribution in [3.8, 4) is 0 Å². The predicted octanol–water partition coefficient (Wildman–Crippen LogP) is 2.68. The summed E-state index contributed by atoms with van der Waals surface area (Å²) in [5.74, 6) is -1.51. The van der Waals surface area contributed by atoms with Gasteiger partial charge in [-0.15, -0.1) is 0 Å². The molecule has 5 heteroatoms. The number of hydrogen-bond acceptors (Lipinski definition) is 2. The Labute approximate surface area is 109 Å². The third-order valence-corrected chi connectivity index (χ3v) is 2.66. The lowest BCUT2D eigenvalue weighted by Gasteiger charge is -2.08. The summed E-state index contributed by atoms with van der Waals surface area (Å²) in [5, 5.41) is 2.95. The molecule has 0 fully saturated rings. The highest BCUT2D eigenvalue weighted by molar-refractivity contribution is 5.92. The Balaban J connectivity index is 2.07. The highest BCUT2D eigenvalue weighted by Gasteiger charge is 2.06. The molecule has 0 unspecified atom stereocenters. The van der Waals surface area contributed by atoms with Gasteiger partial charge in [0, 0.05) is 23.4 Å². The summed E-state index contributed by atoms with van der Waals surface area (Å²) in [5.41, 5.74) is 6.26. The number of nitrogens with one attached hydrogen (secondary N) is 1. The number of carbonyl (C=O) groups is 1. The van der Waals surface area contributed by atoms with E-state index >= 15 is 0 Å². The lowest BCUT2D eigenvalue weighted by atomic mass is 10.1. The van der Waals surface area contributed by atoms with E-state index in [1.807, 2.05) is 0 Å². The maximum Gasteiger partial charge on any atom is 0.248 e. The Morgan fingerprint density at radius 2 is 1.79 bits per heavy atom. The molecule has 19 heavy (non-hydrogen) atoms. The second-order valence-corrected chi connectivity index (χ2v) is 4.03. The van der Waals surface area contributed by atoms with Crippen LogP contribution >= 0.6 is 0 Å². The van der Waals surface area contributed by atoms with Gasteiger partial charge in [0.2, 0.25) is 5.91 Å². The number of benzene rings is 2. The molecule has 0 aromatic heterocycles. The van der Waals surface area contributed by atoms with Crippen molar-refractivity contribution in [3.05, 3.63) is 65.2 Å². The first-order chi connectivity index (χ1) is 9.06. The third-order valence-electron chi connectivity index (χ3n) is 2.66. The molecule has 0 saturated heterocycles. The van der Waals surface area contributed by atoms with Crippen molar-refractivity contribution < 1.29 is 13.6 Å². The zero-order valence-electron chi connectivity index (χ0n) is 9.99. The molecule has 0 radical (unpaired) electrons. The number of nitrogens with two attached hydrogens (primary N) is 1.